The minimum absolute atomic E-state index is 0.112. The summed E-state index contributed by atoms with van der Waals surface area (Å²) in [5.74, 6) is -1.77. The Bertz CT molecular complexity index is 1210. The number of nitrogens with zero attached hydrogens (tertiary/aromatic N) is 1. The molecule has 2 aliphatic rings. The molecule has 0 unspecified atom stereocenters. The molecule has 2 aromatic rings. The molecular weight excluding hydrogens is 518 g/mol. The molecule has 3 heterocycles. The number of esters is 1. The number of ketones is 1. The van der Waals surface area contributed by atoms with Gasteiger partial charge in [0.1, 0.15) is 16.9 Å². The van der Waals surface area contributed by atoms with Crippen molar-refractivity contribution in [2.45, 2.75) is 103 Å². The molecule has 0 saturated carbocycles. The van der Waals surface area contributed by atoms with Crippen LogP contribution in [0.4, 0.5) is 0 Å². The van der Waals surface area contributed by atoms with E-state index >= 15 is 0 Å². The summed E-state index contributed by atoms with van der Waals surface area (Å²) < 4.78 is 13.0. The minimum atomic E-state index is -1.29. The number of benzene rings is 1. The van der Waals surface area contributed by atoms with E-state index in [1.54, 1.807) is 19.9 Å². The molecule has 0 bridgehead atoms. The molecule has 214 valence electrons. The third kappa shape index (κ3) is 6.43. The zero-order valence-electron chi connectivity index (χ0n) is 23.3. The van der Waals surface area contributed by atoms with Crippen LogP contribution >= 0.6 is 11.3 Å². The van der Waals surface area contributed by atoms with Crippen molar-refractivity contribution in [1.29, 1.82) is 0 Å². The Morgan fingerprint density at radius 2 is 1.97 bits per heavy atom. The second-order valence-electron chi connectivity index (χ2n) is 11.9. The molecule has 3 N–H and O–H groups in total. The highest BCUT2D eigenvalue weighted by Gasteiger charge is 2.53. The van der Waals surface area contributed by atoms with Crippen molar-refractivity contribution >= 4 is 33.3 Å². The SMILES string of the molecule is C=CC[C@H]1C(=O)C(C)(C)[C@@H](O)CC(=O)O[C@H](c2ccc3sc(CO)nc3c2)C[C@@H]2O[C@]2(C)CCC[C@H](C)[C@@H]1O. The molecule has 39 heavy (non-hydrogen) atoms. The molecule has 1 aromatic carbocycles. The first-order chi connectivity index (χ1) is 18.4. The van der Waals surface area contributed by atoms with E-state index in [1.807, 2.05) is 32.0 Å². The zero-order chi connectivity index (χ0) is 28.5. The first-order valence-electron chi connectivity index (χ1n) is 13.8. The van der Waals surface area contributed by atoms with Crippen LogP contribution in [0.25, 0.3) is 10.2 Å². The molecule has 1 aromatic heterocycles. The number of rotatable bonds is 4. The van der Waals surface area contributed by atoms with Crippen LogP contribution in [0.3, 0.4) is 0 Å². The molecule has 4 rings (SSSR count). The third-order valence-corrected chi connectivity index (χ3v) is 9.63. The molecule has 0 spiro atoms. The maximum absolute atomic E-state index is 13.6. The Kier molecular flexibility index (Phi) is 8.98. The van der Waals surface area contributed by atoms with Gasteiger partial charge in [-0.05, 0) is 49.8 Å². The van der Waals surface area contributed by atoms with Crippen LogP contribution in [0.1, 0.15) is 82.9 Å². The largest absolute Gasteiger partial charge is 0.457 e. The van der Waals surface area contributed by atoms with Crippen molar-refractivity contribution < 1.29 is 34.4 Å². The predicted molar refractivity (Wildman–Crippen MR) is 149 cm³/mol. The number of carbonyl (C=O) groups excluding carboxylic acids is 2. The van der Waals surface area contributed by atoms with Crippen molar-refractivity contribution in [2.75, 3.05) is 0 Å². The number of aliphatic hydroxyl groups excluding tert-OH is 3. The standard InChI is InChI=1S/C30H41NO7S/c1-6-8-19-27(35)17(2)9-7-12-30(5)24(38-30)14-21(37-26(34)15-23(33)29(3,4)28(19)36)18-10-11-22-20(13-18)31-25(16-32)39-22/h6,10-11,13,17,19,21,23-24,27,32-33,35H,1,7-9,12,14-16H2,2-5H3/t17-,19+,21-,23-,24-,27-,30+/m0/s1. The van der Waals surface area contributed by atoms with Crippen molar-refractivity contribution in [3.63, 3.8) is 0 Å². The number of ether oxygens (including phenoxy) is 2. The number of allylic oxidation sites excluding steroid dienone is 1. The van der Waals surface area contributed by atoms with E-state index in [2.05, 4.69) is 11.6 Å². The second kappa shape index (κ2) is 11.7. The van der Waals surface area contributed by atoms with Crippen LogP contribution < -0.4 is 0 Å². The molecule has 7 atom stereocenters. The summed E-state index contributed by atoms with van der Waals surface area (Å²) in [6.07, 6.45) is 1.38. The lowest BCUT2D eigenvalue weighted by Gasteiger charge is -2.35. The first-order valence-corrected chi connectivity index (χ1v) is 14.6. The molecule has 2 aliphatic heterocycles. The normalized spacial score (nSPS) is 34.3. The molecule has 2 fully saturated rings. The summed E-state index contributed by atoms with van der Waals surface area (Å²) in [7, 11) is 0. The van der Waals surface area contributed by atoms with Crippen molar-refractivity contribution in [1.82, 2.24) is 4.98 Å². The maximum Gasteiger partial charge on any atom is 0.309 e. The van der Waals surface area contributed by atoms with Gasteiger partial charge in [-0.1, -0.05) is 39.3 Å². The van der Waals surface area contributed by atoms with Gasteiger partial charge in [0.25, 0.3) is 0 Å². The van der Waals surface area contributed by atoms with Crippen molar-refractivity contribution in [3.05, 3.63) is 41.4 Å². The van der Waals surface area contributed by atoms with Gasteiger partial charge in [0.15, 0.2) is 0 Å². The van der Waals surface area contributed by atoms with Gasteiger partial charge in [0.05, 0.1) is 52.6 Å². The Hall–Kier alpha value is -2.17. The number of Topliss-reactive ketones (excluding diaryl/α,β-unsaturated/α-hetero) is 1. The number of cyclic esters (lactones) is 1. The lowest BCUT2D eigenvalue weighted by Crippen LogP contribution is -2.46. The van der Waals surface area contributed by atoms with Crippen LogP contribution in [0, 0.1) is 17.3 Å². The Labute approximate surface area is 234 Å². The lowest BCUT2D eigenvalue weighted by atomic mass is 9.71. The van der Waals surface area contributed by atoms with E-state index in [0.29, 0.717) is 11.4 Å². The highest BCUT2D eigenvalue weighted by Crippen LogP contribution is 2.47. The monoisotopic (exact) mass is 559 g/mol. The van der Waals surface area contributed by atoms with Gasteiger partial charge in [-0.25, -0.2) is 4.98 Å². The summed E-state index contributed by atoms with van der Waals surface area (Å²) in [5, 5.41) is 32.3. The third-order valence-electron chi connectivity index (χ3n) is 8.61. The van der Waals surface area contributed by atoms with Gasteiger partial charge in [-0.2, -0.15) is 0 Å². The summed E-state index contributed by atoms with van der Waals surface area (Å²) in [5.41, 5.74) is -0.161. The van der Waals surface area contributed by atoms with E-state index in [0.717, 1.165) is 35.0 Å². The number of hydrogen-bond acceptors (Lipinski definition) is 9. The summed E-state index contributed by atoms with van der Waals surface area (Å²) >= 11 is 1.41. The van der Waals surface area contributed by atoms with Crippen LogP contribution in [-0.2, 0) is 25.7 Å². The Morgan fingerprint density at radius 3 is 2.67 bits per heavy atom. The highest BCUT2D eigenvalue weighted by molar-refractivity contribution is 7.18. The molecular formula is C30H41NO7S. The van der Waals surface area contributed by atoms with Gasteiger partial charge in [-0.3, -0.25) is 9.59 Å². The fourth-order valence-corrected chi connectivity index (χ4v) is 6.51. The number of aliphatic hydroxyl groups is 3. The number of epoxide rings is 1. The first kappa shape index (κ1) is 29.8. The quantitative estimate of drug-likeness (QED) is 0.281. The average Bonchev–Trinajstić information content (AvgIpc) is 3.33. The van der Waals surface area contributed by atoms with Gasteiger partial charge >= 0.3 is 5.97 Å². The molecule has 9 heteroatoms. The van der Waals surface area contributed by atoms with Gasteiger partial charge in [0.2, 0.25) is 0 Å². The predicted octanol–water partition coefficient (Wildman–Crippen LogP) is 4.64. The van der Waals surface area contributed by atoms with E-state index in [4.69, 9.17) is 9.47 Å². The van der Waals surface area contributed by atoms with Crippen LogP contribution in [0.2, 0.25) is 0 Å². The maximum atomic E-state index is 13.6. The number of thiazole rings is 1. The van der Waals surface area contributed by atoms with E-state index in [9.17, 15) is 24.9 Å². The van der Waals surface area contributed by atoms with Crippen LogP contribution in [-0.4, -0.2) is 56.0 Å². The number of aromatic nitrogens is 1. The van der Waals surface area contributed by atoms with Crippen molar-refractivity contribution in [3.8, 4) is 0 Å². The number of hydrogen-bond donors (Lipinski definition) is 3. The van der Waals surface area contributed by atoms with E-state index < -0.39 is 35.6 Å². The highest BCUT2D eigenvalue weighted by atomic mass is 32.1. The number of carbonyl (C=O) groups is 2. The van der Waals surface area contributed by atoms with Crippen molar-refractivity contribution in [2.24, 2.45) is 17.3 Å². The molecule has 0 aliphatic carbocycles. The summed E-state index contributed by atoms with van der Waals surface area (Å²) in [6, 6.07) is 5.67. The smallest absolute Gasteiger partial charge is 0.309 e. The summed E-state index contributed by atoms with van der Waals surface area (Å²) in [6.45, 7) is 10.8. The van der Waals surface area contributed by atoms with Crippen LogP contribution in [0.15, 0.2) is 30.9 Å². The lowest BCUT2D eigenvalue weighted by molar-refractivity contribution is -0.156. The van der Waals surface area contributed by atoms with Gasteiger partial charge in [0, 0.05) is 12.3 Å². The van der Waals surface area contributed by atoms with E-state index in [1.165, 1.54) is 11.3 Å². The fourth-order valence-electron chi connectivity index (χ4n) is 5.70. The average molecular weight is 560 g/mol. The Morgan fingerprint density at radius 1 is 1.23 bits per heavy atom. The van der Waals surface area contributed by atoms with Gasteiger partial charge in [-0.15, -0.1) is 17.9 Å². The molecule has 0 amide bonds. The van der Waals surface area contributed by atoms with Gasteiger partial charge < -0.3 is 24.8 Å². The molecule has 8 nitrogen and oxygen atoms in total. The zero-order valence-corrected chi connectivity index (χ0v) is 24.1. The fraction of sp³-hybridized carbons (Fsp3) is 0.633. The second-order valence-corrected chi connectivity index (χ2v) is 13.0. The van der Waals surface area contributed by atoms with E-state index in [-0.39, 0.29) is 42.9 Å². The van der Waals surface area contributed by atoms with Crippen LogP contribution in [0.5, 0.6) is 0 Å². The summed E-state index contributed by atoms with van der Waals surface area (Å²) in [4.78, 5) is 31.2. The topological polar surface area (TPSA) is 129 Å². The minimum Gasteiger partial charge on any atom is -0.457 e. The molecule has 0 radical (unpaired) electrons. The number of fused-ring (bicyclic) bond motifs is 2. The molecule has 2 saturated heterocycles. The Balaban J connectivity index is 1.63.